The molecule has 0 radical (unpaired) electrons. The van der Waals surface area contributed by atoms with Gasteiger partial charge in [-0.25, -0.2) is 4.79 Å². The van der Waals surface area contributed by atoms with E-state index in [1.807, 2.05) is 0 Å². The molecule has 0 aliphatic carbocycles. The molecule has 0 bridgehead atoms. The third kappa shape index (κ3) is 2.04. The van der Waals surface area contributed by atoms with Crippen LogP contribution in [-0.4, -0.2) is 17.5 Å². The molecule has 1 aliphatic rings. The van der Waals surface area contributed by atoms with Gasteiger partial charge in [0.25, 0.3) is 0 Å². The highest BCUT2D eigenvalue weighted by molar-refractivity contribution is 7.16. The maximum Gasteiger partial charge on any atom is 0.334 e. The third-order valence-electron chi connectivity index (χ3n) is 1.98. The Bertz CT molecular complexity index is 449. The van der Waals surface area contributed by atoms with Gasteiger partial charge in [0.05, 0.1) is 11.5 Å². The normalized spacial score (nSPS) is 18.1. The molecule has 2 rings (SSSR count). The van der Waals surface area contributed by atoms with Crippen molar-refractivity contribution >= 4 is 28.4 Å². The van der Waals surface area contributed by atoms with Crippen molar-refractivity contribution in [3.05, 3.63) is 32.7 Å². The predicted molar refractivity (Wildman–Crippen MR) is 54.5 cm³/mol. The molecular formula is C9H7NO4S. The lowest BCUT2D eigenvalue weighted by molar-refractivity contribution is -0.380. The number of hydrogen-bond donors (Lipinski definition) is 0. The zero-order valence-corrected chi connectivity index (χ0v) is 8.45. The van der Waals surface area contributed by atoms with Crippen LogP contribution in [-0.2, 0) is 9.53 Å². The fraction of sp³-hybridized carbons (Fsp3) is 0.222. The van der Waals surface area contributed by atoms with E-state index in [9.17, 15) is 14.9 Å². The van der Waals surface area contributed by atoms with Crippen molar-refractivity contribution in [1.29, 1.82) is 0 Å². The molecule has 1 aromatic heterocycles. The van der Waals surface area contributed by atoms with E-state index in [1.165, 1.54) is 6.07 Å². The SMILES string of the molecule is O=C1OCCC1=Cc1ccc([N+](=O)[O-])s1. The van der Waals surface area contributed by atoms with Crippen LogP contribution in [0.15, 0.2) is 17.7 Å². The van der Waals surface area contributed by atoms with Gasteiger partial charge in [0.2, 0.25) is 0 Å². The highest BCUT2D eigenvalue weighted by Gasteiger charge is 2.19. The summed E-state index contributed by atoms with van der Waals surface area (Å²) in [6, 6.07) is 3.05. The van der Waals surface area contributed by atoms with Gasteiger partial charge in [0.15, 0.2) is 0 Å². The number of thiophene rings is 1. The monoisotopic (exact) mass is 225 g/mol. The topological polar surface area (TPSA) is 69.4 Å². The Labute approximate surface area is 89.1 Å². The van der Waals surface area contributed by atoms with Gasteiger partial charge in [0, 0.05) is 22.9 Å². The first-order chi connectivity index (χ1) is 7.16. The number of nitrogens with zero attached hydrogens (tertiary/aromatic N) is 1. The van der Waals surface area contributed by atoms with Crippen LogP contribution in [0.2, 0.25) is 0 Å². The number of carbonyl (C=O) groups excluding carboxylic acids is 1. The van der Waals surface area contributed by atoms with Crippen LogP contribution in [0.5, 0.6) is 0 Å². The molecule has 0 spiro atoms. The number of carbonyl (C=O) groups is 1. The van der Waals surface area contributed by atoms with Crippen molar-refractivity contribution in [1.82, 2.24) is 0 Å². The molecule has 1 fully saturated rings. The molecule has 0 N–H and O–H groups in total. The molecule has 6 heteroatoms. The second kappa shape index (κ2) is 3.82. The number of ether oxygens (including phenoxy) is 1. The fourth-order valence-electron chi connectivity index (χ4n) is 1.27. The van der Waals surface area contributed by atoms with E-state index in [0.29, 0.717) is 23.5 Å². The molecule has 0 amide bonds. The first-order valence-corrected chi connectivity index (χ1v) is 5.10. The van der Waals surface area contributed by atoms with E-state index >= 15 is 0 Å². The summed E-state index contributed by atoms with van der Waals surface area (Å²) in [5, 5.41) is 10.5. The van der Waals surface area contributed by atoms with Crippen molar-refractivity contribution in [3.63, 3.8) is 0 Å². The third-order valence-corrected chi connectivity index (χ3v) is 2.96. The largest absolute Gasteiger partial charge is 0.462 e. The quantitative estimate of drug-likeness (QED) is 0.334. The summed E-state index contributed by atoms with van der Waals surface area (Å²) in [5.74, 6) is -0.328. The highest BCUT2D eigenvalue weighted by Crippen LogP contribution is 2.27. The van der Waals surface area contributed by atoms with Crippen molar-refractivity contribution in [2.75, 3.05) is 6.61 Å². The van der Waals surface area contributed by atoms with E-state index in [4.69, 9.17) is 4.74 Å². The summed E-state index contributed by atoms with van der Waals surface area (Å²) in [4.78, 5) is 21.8. The first kappa shape index (κ1) is 9.85. The Balaban J connectivity index is 2.23. The Morgan fingerprint density at radius 1 is 1.53 bits per heavy atom. The van der Waals surface area contributed by atoms with Crippen LogP contribution in [0, 0.1) is 10.1 Å². The van der Waals surface area contributed by atoms with Crippen LogP contribution in [0.25, 0.3) is 6.08 Å². The van der Waals surface area contributed by atoms with Crippen LogP contribution >= 0.6 is 11.3 Å². The van der Waals surface area contributed by atoms with Gasteiger partial charge in [-0.1, -0.05) is 11.3 Å². The summed E-state index contributed by atoms with van der Waals surface area (Å²) in [7, 11) is 0. The fourth-order valence-corrected chi connectivity index (χ4v) is 2.06. The van der Waals surface area contributed by atoms with Gasteiger partial charge in [-0.3, -0.25) is 10.1 Å². The molecular weight excluding hydrogens is 218 g/mol. The molecule has 78 valence electrons. The lowest BCUT2D eigenvalue weighted by atomic mass is 10.2. The molecule has 0 atom stereocenters. The van der Waals surface area contributed by atoms with Gasteiger partial charge in [-0.2, -0.15) is 0 Å². The second-order valence-corrected chi connectivity index (χ2v) is 4.08. The molecule has 0 saturated carbocycles. The maximum absolute atomic E-state index is 11.1. The summed E-state index contributed by atoms with van der Waals surface area (Å²) in [6.45, 7) is 0.401. The average Bonchev–Trinajstić information content (AvgIpc) is 2.77. The van der Waals surface area contributed by atoms with Gasteiger partial charge >= 0.3 is 11.0 Å². The smallest absolute Gasteiger partial charge is 0.334 e. The second-order valence-electron chi connectivity index (χ2n) is 2.99. The Hall–Kier alpha value is -1.69. The zero-order chi connectivity index (χ0) is 10.8. The molecule has 1 saturated heterocycles. The Morgan fingerprint density at radius 2 is 2.33 bits per heavy atom. The maximum atomic E-state index is 11.1. The predicted octanol–water partition coefficient (Wildman–Crippen LogP) is 1.99. The number of nitro groups is 1. The number of cyclic esters (lactones) is 1. The minimum absolute atomic E-state index is 0.0771. The first-order valence-electron chi connectivity index (χ1n) is 4.29. The van der Waals surface area contributed by atoms with E-state index < -0.39 is 4.92 Å². The molecule has 0 aromatic carbocycles. The number of hydrogen-bond acceptors (Lipinski definition) is 5. The van der Waals surface area contributed by atoms with Crippen LogP contribution < -0.4 is 0 Å². The van der Waals surface area contributed by atoms with E-state index in [2.05, 4.69) is 0 Å². The van der Waals surface area contributed by atoms with Crippen LogP contribution in [0.4, 0.5) is 5.00 Å². The lowest BCUT2D eigenvalue weighted by Crippen LogP contribution is -1.93. The van der Waals surface area contributed by atoms with Crippen molar-refractivity contribution in [3.8, 4) is 0 Å². The molecule has 1 aromatic rings. The molecule has 5 nitrogen and oxygen atoms in total. The van der Waals surface area contributed by atoms with Gasteiger partial charge in [0.1, 0.15) is 0 Å². The van der Waals surface area contributed by atoms with E-state index in [1.54, 1.807) is 12.1 Å². The molecule has 0 unspecified atom stereocenters. The van der Waals surface area contributed by atoms with Gasteiger partial charge in [-0.05, 0) is 12.1 Å². The van der Waals surface area contributed by atoms with Crippen molar-refractivity contribution in [2.45, 2.75) is 6.42 Å². The molecule has 15 heavy (non-hydrogen) atoms. The standard InChI is InChI=1S/C9H7NO4S/c11-9-6(3-4-14-9)5-7-1-2-8(15-7)10(12)13/h1-2,5H,3-4H2. The minimum Gasteiger partial charge on any atom is -0.462 e. The number of rotatable bonds is 2. The van der Waals surface area contributed by atoms with E-state index in [0.717, 1.165) is 11.3 Å². The number of esters is 1. The summed E-state index contributed by atoms with van der Waals surface area (Å²) < 4.78 is 4.76. The average molecular weight is 225 g/mol. The van der Waals surface area contributed by atoms with Crippen molar-refractivity contribution in [2.24, 2.45) is 0 Å². The van der Waals surface area contributed by atoms with Crippen LogP contribution in [0.3, 0.4) is 0 Å². The van der Waals surface area contributed by atoms with Crippen LogP contribution in [0.1, 0.15) is 11.3 Å². The minimum atomic E-state index is -0.445. The van der Waals surface area contributed by atoms with Gasteiger partial charge < -0.3 is 4.74 Å². The van der Waals surface area contributed by atoms with Gasteiger partial charge in [-0.15, -0.1) is 0 Å². The Kier molecular flexibility index (Phi) is 2.51. The summed E-state index contributed by atoms with van der Waals surface area (Å²) in [5.41, 5.74) is 0.576. The van der Waals surface area contributed by atoms with E-state index in [-0.39, 0.29) is 11.0 Å². The highest BCUT2D eigenvalue weighted by atomic mass is 32.1. The summed E-state index contributed by atoms with van der Waals surface area (Å²) >= 11 is 1.05. The molecule has 1 aliphatic heterocycles. The summed E-state index contributed by atoms with van der Waals surface area (Å²) in [6.07, 6.45) is 2.22. The lowest BCUT2D eigenvalue weighted by Gasteiger charge is -1.88. The zero-order valence-electron chi connectivity index (χ0n) is 7.63. The Morgan fingerprint density at radius 3 is 2.87 bits per heavy atom. The molecule has 2 heterocycles. The van der Waals surface area contributed by atoms with Crippen molar-refractivity contribution < 1.29 is 14.5 Å².